The fourth-order valence-corrected chi connectivity index (χ4v) is 6.42. The molecule has 4 rings (SSSR count). The molecule has 1 heterocycles. The highest BCUT2D eigenvalue weighted by atomic mass is 35.5. The molecule has 2 aliphatic rings. The SMILES string of the molecule is O=C(CCN(C1CC1)S(=O)(=O)c1cccc(Cl)c1Cl)CNCc1ccc(C2=NCCN2C(=O)O)cc1. The molecular weight excluding hydrogens is 527 g/mol. The Morgan fingerprint density at radius 2 is 1.86 bits per heavy atom. The number of Topliss-reactive ketones (excluding diaryl/α,β-unsaturated/α-hetero) is 1. The molecular formula is C24H26Cl2N4O5S. The van der Waals surface area contributed by atoms with Crippen molar-refractivity contribution in [2.24, 2.45) is 4.99 Å². The van der Waals surface area contributed by atoms with Gasteiger partial charge in [0, 0.05) is 31.1 Å². The summed E-state index contributed by atoms with van der Waals surface area (Å²) in [6.07, 6.45) is 0.539. The van der Waals surface area contributed by atoms with Gasteiger partial charge in [-0.1, -0.05) is 53.5 Å². The smallest absolute Gasteiger partial charge is 0.413 e. The molecule has 2 aromatic carbocycles. The summed E-state index contributed by atoms with van der Waals surface area (Å²) >= 11 is 12.2. The van der Waals surface area contributed by atoms with Crippen LogP contribution in [-0.4, -0.2) is 72.7 Å². The number of nitrogens with one attached hydrogen (secondary N) is 1. The molecule has 0 radical (unpaired) electrons. The van der Waals surface area contributed by atoms with Crippen molar-refractivity contribution in [3.8, 4) is 0 Å². The molecule has 0 unspecified atom stereocenters. The third-order valence-electron chi connectivity index (χ3n) is 6.00. The number of ketones is 1. The van der Waals surface area contributed by atoms with Crippen LogP contribution in [0.1, 0.15) is 30.4 Å². The van der Waals surface area contributed by atoms with Gasteiger partial charge >= 0.3 is 6.09 Å². The number of nitrogens with zero attached hydrogens (tertiary/aromatic N) is 3. The molecule has 36 heavy (non-hydrogen) atoms. The van der Waals surface area contributed by atoms with Crippen LogP contribution >= 0.6 is 23.2 Å². The van der Waals surface area contributed by atoms with E-state index in [4.69, 9.17) is 23.2 Å². The summed E-state index contributed by atoms with van der Waals surface area (Å²) in [5, 5.41) is 12.5. The van der Waals surface area contributed by atoms with Crippen molar-refractivity contribution in [2.75, 3.05) is 26.2 Å². The van der Waals surface area contributed by atoms with Gasteiger partial charge in [-0.3, -0.25) is 14.7 Å². The fraction of sp³-hybridized carbons (Fsp3) is 0.375. The van der Waals surface area contributed by atoms with Gasteiger partial charge in [-0.15, -0.1) is 0 Å². The Balaban J connectivity index is 1.28. The van der Waals surface area contributed by atoms with Crippen molar-refractivity contribution in [1.29, 1.82) is 0 Å². The Bertz CT molecular complexity index is 1280. The number of carboxylic acid groups (broad SMARTS) is 1. The van der Waals surface area contributed by atoms with Crippen LogP contribution in [0.25, 0.3) is 0 Å². The van der Waals surface area contributed by atoms with E-state index in [1.807, 2.05) is 12.1 Å². The van der Waals surface area contributed by atoms with Crippen LogP contribution in [0.15, 0.2) is 52.4 Å². The number of aliphatic imine (C=N–C) groups is 1. The molecule has 9 nitrogen and oxygen atoms in total. The van der Waals surface area contributed by atoms with E-state index in [0.717, 1.165) is 24.0 Å². The molecule has 1 saturated carbocycles. The van der Waals surface area contributed by atoms with Crippen LogP contribution in [-0.2, 0) is 21.4 Å². The molecule has 0 spiro atoms. The molecule has 2 N–H and O–H groups in total. The first-order chi connectivity index (χ1) is 17.2. The Morgan fingerprint density at radius 3 is 2.53 bits per heavy atom. The molecule has 1 aliphatic heterocycles. The lowest BCUT2D eigenvalue weighted by molar-refractivity contribution is -0.118. The van der Waals surface area contributed by atoms with Gasteiger partial charge in [0.1, 0.15) is 16.5 Å². The average Bonchev–Trinajstić information content (AvgIpc) is 3.54. The lowest BCUT2D eigenvalue weighted by Gasteiger charge is -2.22. The van der Waals surface area contributed by atoms with Crippen molar-refractivity contribution in [2.45, 2.75) is 36.7 Å². The third-order valence-corrected chi connectivity index (χ3v) is 8.93. The Morgan fingerprint density at radius 1 is 1.14 bits per heavy atom. The largest absolute Gasteiger partial charge is 0.465 e. The third kappa shape index (κ3) is 6.07. The maximum absolute atomic E-state index is 13.2. The predicted molar refractivity (Wildman–Crippen MR) is 137 cm³/mol. The standard InChI is InChI=1S/C24H26Cl2N4O5S/c25-20-2-1-3-21(22(20)26)36(34,35)30(18-8-9-18)12-10-19(31)15-27-14-16-4-6-17(7-5-16)23-28-11-13-29(23)24(32)33/h1-7,18,27H,8-15H2,(H,32,33). The highest BCUT2D eigenvalue weighted by molar-refractivity contribution is 7.89. The van der Waals surface area contributed by atoms with Crippen molar-refractivity contribution in [1.82, 2.24) is 14.5 Å². The van der Waals surface area contributed by atoms with Crippen molar-refractivity contribution >= 4 is 50.9 Å². The number of amides is 1. The Labute approximate surface area is 219 Å². The highest BCUT2D eigenvalue weighted by Gasteiger charge is 2.39. The normalized spacial score (nSPS) is 15.9. The lowest BCUT2D eigenvalue weighted by atomic mass is 10.1. The summed E-state index contributed by atoms with van der Waals surface area (Å²) in [5.74, 6) is 0.327. The maximum atomic E-state index is 13.2. The summed E-state index contributed by atoms with van der Waals surface area (Å²) < 4.78 is 27.7. The molecule has 0 aromatic heterocycles. The summed E-state index contributed by atoms with van der Waals surface area (Å²) in [6.45, 7) is 1.40. The zero-order chi connectivity index (χ0) is 25.9. The van der Waals surface area contributed by atoms with E-state index in [2.05, 4.69) is 10.3 Å². The number of hydrogen-bond donors (Lipinski definition) is 2. The summed E-state index contributed by atoms with van der Waals surface area (Å²) in [7, 11) is -3.88. The quantitative estimate of drug-likeness (QED) is 0.439. The van der Waals surface area contributed by atoms with Gasteiger partial charge in [0.2, 0.25) is 10.0 Å². The number of halogens is 2. The predicted octanol–water partition coefficient (Wildman–Crippen LogP) is 3.64. The monoisotopic (exact) mass is 552 g/mol. The van der Waals surface area contributed by atoms with Crippen LogP contribution in [0.3, 0.4) is 0 Å². The number of carbonyl (C=O) groups is 2. The van der Waals surface area contributed by atoms with E-state index in [1.165, 1.54) is 27.4 Å². The first-order valence-corrected chi connectivity index (χ1v) is 13.7. The van der Waals surface area contributed by atoms with Crippen molar-refractivity contribution in [3.63, 3.8) is 0 Å². The van der Waals surface area contributed by atoms with E-state index < -0.39 is 16.1 Å². The van der Waals surface area contributed by atoms with Gasteiger partial charge in [0.05, 0.1) is 29.7 Å². The molecule has 12 heteroatoms. The number of carbonyl (C=O) groups excluding carboxylic acids is 1. The number of amidine groups is 1. The van der Waals surface area contributed by atoms with Crippen molar-refractivity contribution < 1.29 is 23.1 Å². The molecule has 1 fully saturated rings. The molecule has 1 amide bonds. The second-order valence-corrected chi connectivity index (χ2v) is 11.3. The highest BCUT2D eigenvalue weighted by Crippen LogP contribution is 2.36. The minimum Gasteiger partial charge on any atom is -0.465 e. The zero-order valence-corrected chi connectivity index (χ0v) is 21.7. The minimum atomic E-state index is -3.88. The van der Waals surface area contributed by atoms with E-state index in [9.17, 15) is 23.1 Å². The first-order valence-electron chi connectivity index (χ1n) is 11.5. The molecule has 0 bridgehead atoms. The minimum absolute atomic E-state index is 0.0144. The summed E-state index contributed by atoms with van der Waals surface area (Å²) in [5.41, 5.74) is 1.64. The van der Waals surface area contributed by atoms with Crippen LogP contribution in [0.2, 0.25) is 10.0 Å². The molecule has 2 aromatic rings. The van der Waals surface area contributed by atoms with Gasteiger partial charge in [-0.2, -0.15) is 4.31 Å². The maximum Gasteiger partial charge on any atom is 0.413 e. The number of rotatable bonds is 11. The topological polar surface area (TPSA) is 119 Å². The molecule has 192 valence electrons. The van der Waals surface area contributed by atoms with Crippen LogP contribution in [0.5, 0.6) is 0 Å². The van der Waals surface area contributed by atoms with Crippen molar-refractivity contribution in [3.05, 3.63) is 63.6 Å². The first kappa shape index (κ1) is 26.6. The Hall–Kier alpha value is -2.50. The zero-order valence-electron chi connectivity index (χ0n) is 19.4. The second kappa shape index (κ2) is 11.3. The second-order valence-electron chi connectivity index (χ2n) is 8.63. The Kier molecular flexibility index (Phi) is 8.31. The number of hydrogen-bond acceptors (Lipinski definition) is 6. The van der Waals surface area contributed by atoms with E-state index in [0.29, 0.717) is 25.5 Å². The van der Waals surface area contributed by atoms with E-state index in [1.54, 1.807) is 12.1 Å². The van der Waals surface area contributed by atoms with Gasteiger partial charge in [0.25, 0.3) is 0 Å². The summed E-state index contributed by atoms with van der Waals surface area (Å²) in [6, 6.07) is 11.7. The molecule has 0 saturated heterocycles. The van der Waals surface area contributed by atoms with E-state index >= 15 is 0 Å². The number of sulfonamides is 1. The van der Waals surface area contributed by atoms with Crippen LogP contribution < -0.4 is 5.32 Å². The van der Waals surface area contributed by atoms with E-state index in [-0.39, 0.29) is 46.3 Å². The molecule has 0 atom stereocenters. The summed E-state index contributed by atoms with van der Waals surface area (Å²) in [4.78, 5) is 29.2. The van der Waals surface area contributed by atoms with Gasteiger partial charge in [0.15, 0.2) is 0 Å². The fourth-order valence-electron chi connectivity index (χ4n) is 3.99. The van der Waals surface area contributed by atoms with Gasteiger partial charge in [-0.05, 0) is 30.5 Å². The molecule has 1 aliphatic carbocycles. The van der Waals surface area contributed by atoms with Gasteiger partial charge in [-0.25, -0.2) is 13.2 Å². The lowest BCUT2D eigenvalue weighted by Crippen LogP contribution is -2.36. The van der Waals surface area contributed by atoms with Crippen LogP contribution in [0, 0.1) is 0 Å². The van der Waals surface area contributed by atoms with Crippen LogP contribution in [0.4, 0.5) is 4.79 Å². The average molecular weight is 553 g/mol. The number of benzene rings is 2. The van der Waals surface area contributed by atoms with Gasteiger partial charge < -0.3 is 10.4 Å².